The van der Waals surface area contributed by atoms with E-state index in [1.165, 1.54) is 10.7 Å². The van der Waals surface area contributed by atoms with Gasteiger partial charge in [0.25, 0.3) is 6.43 Å². The van der Waals surface area contributed by atoms with Crippen LogP contribution in [-0.2, 0) is 10.0 Å². The van der Waals surface area contributed by atoms with E-state index in [1.54, 1.807) is 12.3 Å². The van der Waals surface area contributed by atoms with E-state index in [2.05, 4.69) is 36.3 Å². The van der Waals surface area contributed by atoms with E-state index >= 15 is 0 Å². The van der Waals surface area contributed by atoms with Gasteiger partial charge >= 0.3 is 0 Å². The van der Waals surface area contributed by atoms with Crippen LogP contribution in [0.3, 0.4) is 0 Å². The number of piperidine rings is 1. The van der Waals surface area contributed by atoms with Crippen molar-refractivity contribution in [3.63, 3.8) is 0 Å². The summed E-state index contributed by atoms with van der Waals surface area (Å²) in [5, 5.41) is 25.2. The average molecular weight is 521 g/mol. The van der Waals surface area contributed by atoms with Crippen molar-refractivity contribution in [1.29, 1.82) is 5.26 Å². The summed E-state index contributed by atoms with van der Waals surface area (Å²) >= 11 is 0.702. The van der Waals surface area contributed by atoms with Crippen molar-refractivity contribution in [3.05, 3.63) is 23.3 Å². The van der Waals surface area contributed by atoms with Gasteiger partial charge in [-0.15, -0.1) is 10.2 Å². The topological polar surface area (TPSA) is 129 Å². The molecule has 3 aliphatic rings. The molecule has 2 aromatic heterocycles. The quantitative estimate of drug-likeness (QED) is 0.507. The maximum Gasteiger partial charge on any atom is 0.291 e. The van der Waals surface area contributed by atoms with Crippen LogP contribution in [-0.4, -0.2) is 59.1 Å². The number of anilines is 1. The Kier molecular flexibility index (Phi) is 5.29. The minimum atomic E-state index is -4.03. The number of sulfonamides is 1. The van der Waals surface area contributed by atoms with Crippen molar-refractivity contribution in [2.24, 2.45) is 0 Å². The van der Waals surface area contributed by atoms with E-state index in [0.29, 0.717) is 65.9 Å². The van der Waals surface area contributed by atoms with Gasteiger partial charge in [0, 0.05) is 36.2 Å². The van der Waals surface area contributed by atoms with Gasteiger partial charge in [-0.2, -0.15) is 15.1 Å². The number of nitrogens with zero attached hydrogens (tertiary/aromatic N) is 6. The molecule has 0 radical (unpaired) electrons. The van der Waals surface area contributed by atoms with E-state index in [1.807, 2.05) is 0 Å². The van der Waals surface area contributed by atoms with Crippen LogP contribution in [0.15, 0.2) is 23.2 Å². The summed E-state index contributed by atoms with van der Waals surface area (Å²) in [5.74, 6) is 0. The fraction of sp³-hybridized carbons (Fsp3) is 0.524. The molecule has 35 heavy (non-hydrogen) atoms. The smallest absolute Gasteiger partial charge is 0.291 e. The third-order valence-corrected chi connectivity index (χ3v) is 9.26. The number of alkyl halides is 2. The molecule has 2 atom stereocenters. The molecule has 1 unspecified atom stereocenters. The third-order valence-electron chi connectivity index (χ3n) is 6.84. The molecule has 1 aliphatic carbocycles. The van der Waals surface area contributed by atoms with E-state index < -0.39 is 27.0 Å². The summed E-state index contributed by atoms with van der Waals surface area (Å²) in [7, 11) is -4.03. The summed E-state index contributed by atoms with van der Waals surface area (Å²) in [6.07, 6.45) is 2.99. The largest absolute Gasteiger partial charge is 0.368 e. The van der Waals surface area contributed by atoms with E-state index in [0.717, 1.165) is 19.3 Å². The van der Waals surface area contributed by atoms with Gasteiger partial charge < -0.3 is 10.2 Å². The van der Waals surface area contributed by atoms with Crippen LogP contribution in [0.5, 0.6) is 0 Å². The predicted molar refractivity (Wildman–Crippen MR) is 124 cm³/mol. The first-order valence-corrected chi connectivity index (χ1v) is 13.7. The molecule has 14 heteroatoms. The molecular weight excluding hydrogens is 498 g/mol. The number of nitriles is 1. The minimum absolute atomic E-state index is 0.00874. The number of piperazine rings is 1. The predicted octanol–water partition coefficient (Wildman–Crippen LogP) is 2.48. The van der Waals surface area contributed by atoms with Crippen molar-refractivity contribution < 1.29 is 17.2 Å². The molecule has 10 nitrogen and oxygen atoms in total. The summed E-state index contributed by atoms with van der Waals surface area (Å²) in [5.41, 5.74) is 0.0457. The highest BCUT2D eigenvalue weighted by atomic mass is 32.2. The third kappa shape index (κ3) is 4.06. The van der Waals surface area contributed by atoms with Gasteiger partial charge in [0.2, 0.25) is 15.2 Å². The van der Waals surface area contributed by atoms with Crippen LogP contribution in [0.2, 0.25) is 0 Å². The normalized spacial score (nSPS) is 23.5. The number of hydrogen-bond donors (Lipinski definition) is 2. The van der Waals surface area contributed by atoms with Gasteiger partial charge in [0.05, 0.1) is 22.7 Å². The fourth-order valence-electron chi connectivity index (χ4n) is 4.93. The second kappa shape index (κ2) is 8.16. The fourth-order valence-corrected chi connectivity index (χ4v) is 7.02. The van der Waals surface area contributed by atoms with E-state index in [4.69, 9.17) is 0 Å². The monoisotopic (exact) mass is 520 g/mol. The molecule has 3 fully saturated rings. The van der Waals surface area contributed by atoms with Crippen molar-refractivity contribution in [2.75, 3.05) is 18.0 Å². The Hall–Kier alpha value is -2.73. The number of benzene rings is 1. The minimum Gasteiger partial charge on any atom is -0.368 e. The Morgan fingerprint density at radius 2 is 1.97 bits per heavy atom. The highest BCUT2D eigenvalue weighted by molar-refractivity contribution is 7.89. The molecule has 0 spiro atoms. The molecule has 184 valence electrons. The molecular formula is C21H22F2N8O2S2. The highest BCUT2D eigenvalue weighted by Crippen LogP contribution is 2.38. The van der Waals surface area contributed by atoms with Crippen molar-refractivity contribution in [3.8, 4) is 11.2 Å². The van der Waals surface area contributed by atoms with Crippen molar-refractivity contribution in [1.82, 2.24) is 30.0 Å². The first-order valence-electron chi connectivity index (χ1n) is 11.4. The summed E-state index contributed by atoms with van der Waals surface area (Å²) in [6.45, 7) is 1.42. The Labute approximate surface area is 204 Å². The van der Waals surface area contributed by atoms with E-state index in [-0.39, 0.29) is 10.0 Å². The molecule has 2 saturated heterocycles. The van der Waals surface area contributed by atoms with Gasteiger partial charge in [0.1, 0.15) is 5.54 Å². The standard InChI is InChI=1S/C21H22F2N8O2S2/c22-18(23)19-27-28-20(34-19)31-17-7-14(35(32,33)29-21(11-24)4-5-21)6-16(15(17)8-25-31)30-9-12-2-1-3-13(10-30)26-12/h6-8,12-13,18,26,29H,1-5,9-10H2/t12-,13?/m1/s1. The van der Waals surface area contributed by atoms with Gasteiger partial charge in [0.15, 0.2) is 5.01 Å². The lowest BCUT2D eigenvalue weighted by molar-refractivity contribution is 0.150. The van der Waals surface area contributed by atoms with Crippen LogP contribution in [0.1, 0.15) is 43.5 Å². The second-order valence-corrected chi connectivity index (χ2v) is 12.0. The number of rotatable bonds is 6. The van der Waals surface area contributed by atoms with Gasteiger partial charge in [-0.25, -0.2) is 21.9 Å². The maximum atomic E-state index is 13.3. The first kappa shape index (κ1) is 22.7. The van der Waals surface area contributed by atoms with E-state index in [9.17, 15) is 22.5 Å². The van der Waals surface area contributed by atoms with Gasteiger partial charge in [-0.1, -0.05) is 17.8 Å². The van der Waals surface area contributed by atoms with Crippen LogP contribution in [0.25, 0.3) is 16.0 Å². The van der Waals surface area contributed by atoms with Gasteiger partial charge in [-0.3, -0.25) is 0 Å². The Bertz CT molecular complexity index is 1430. The molecule has 3 aromatic rings. The number of fused-ring (bicyclic) bond motifs is 3. The molecule has 4 heterocycles. The zero-order chi connectivity index (χ0) is 24.4. The summed E-state index contributed by atoms with van der Waals surface area (Å²) in [6, 6.07) is 5.73. The van der Waals surface area contributed by atoms with Crippen LogP contribution >= 0.6 is 11.3 Å². The van der Waals surface area contributed by atoms with Gasteiger partial charge in [-0.05, 0) is 37.8 Å². The maximum absolute atomic E-state index is 13.3. The zero-order valence-electron chi connectivity index (χ0n) is 18.5. The number of aromatic nitrogens is 4. The summed E-state index contributed by atoms with van der Waals surface area (Å²) in [4.78, 5) is 2.16. The lowest BCUT2D eigenvalue weighted by Gasteiger charge is -2.43. The number of hydrogen-bond acceptors (Lipinski definition) is 9. The molecule has 1 aromatic carbocycles. The number of halogens is 2. The highest BCUT2D eigenvalue weighted by Gasteiger charge is 2.47. The Morgan fingerprint density at radius 3 is 2.60 bits per heavy atom. The summed E-state index contributed by atoms with van der Waals surface area (Å²) < 4.78 is 56.8. The SMILES string of the molecule is N#CC1(NS(=O)(=O)c2cc(N3CC4CCC[C@H](C3)N4)c3cnn(-c4nnc(C(F)F)s4)c3c2)CC1. The van der Waals surface area contributed by atoms with Crippen molar-refractivity contribution in [2.45, 2.75) is 61.0 Å². The zero-order valence-corrected chi connectivity index (χ0v) is 20.1. The van der Waals surface area contributed by atoms with Crippen LogP contribution in [0, 0.1) is 11.3 Å². The Balaban J connectivity index is 1.49. The Morgan fingerprint density at radius 1 is 1.23 bits per heavy atom. The molecule has 6 rings (SSSR count). The number of nitrogens with one attached hydrogen (secondary N) is 2. The first-order chi connectivity index (χ1) is 16.8. The average Bonchev–Trinajstić information content (AvgIpc) is 3.22. The molecule has 2 bridgehead atoms. The molecule has 0 amide bonds. The lowest BCUT2D eigenvalue weighted by atomic mass is 9.93. The lowest BCUT2D eigenvalue weighted by Crippen LogP contribution is -2.58. The molecule has 2 N–H and O–H groups in total. The molecule has 2 aliphatic heterocycles. The van der Waals surface area contributed by atoms with Crippen LogP contribution in [0.4, 0.5) is 14.5 Å². The second-order valence-electron chi connectivity index (χ2n) is 9.35. The molecule has 1 saturated carbocycles. The van der Waals surface area contributed by atoms with Crippen molar-refractivity contribution >= 4 is 38.0 Å². The van der Waals surface area contributed by atoms with Crippen LogP contribution < -0.4 is 14.9 Å².